The van der Waals surface area contributed by atoms with E-state index in [9.17, 15) is 0 Å². The maximum atomic E-state index is 3.71. The zero-order chi connectivity index (χ0) is 7.56. The van der Waals surface area contributed by atoms with E-state index in [0.717, 1.165) is 18.4 Å². The molecule has 58 valence electrons. The highest BCUT2D eigenvalue weighted by atomic mass is 15.2. The van der Waals surface area contributed by atoms with Gasteiger partial charge in [0.1, 0.15) is 0 Å². The van der Waals surface area contributed by atoms with Crippen LogP contribution in [-0.4, -0.2) is 24.0 Å². The Kier molecular flexibility index (Phi) is 2.50. The third-order valence-corrected chi connectivity index (χ3v) is 2.54. The Hall–Kier alpha value is -0.300. The SMILES string of the molecule is C=CCCN1CC(C)C1C. The molecule has 1 aliphatic heterocycles. The van der Waals surface area contributed by atoms with E-state index in [1.54, 1.807) is 0 Å². The van der Waals surface area contributed by atoms with Gasteiger partial charge in [0, 0.05) is 19.1 Å². The number of likely N-dealkylation sites (tertiary alicyclic amines) is 1. The molecule has 0 amide bonds. The minimum atomic E-state index is 0.806. The van der Waals surface area contributed by atoms with Gasteiger partial charge in [-0.3, -0.25) is 4.90 Å². The molecule has 0 saturated carbocycles. The molecular weight excluding hydrogens is 122 g/mol. The summed E-state index contributed by atoms with van der Waals surface area (Å²) in [5.41, 5.74) is 0. The van der Waals surface area contributed by atoms with Gasteiger partial charge < -0.3 is 0 Å². The molecule has 2 unspecified atom stereocenters. The average Bonchev–Trinajstić information content (AvgIpc) is 1.97. The van der Waals surface area contributed by atoms with Crippen molar-refractivity contribution < 1.29 is 0 Å². The predicted octanol–water partition coefficient (Wildman–Crippen LogP) is 1.90. The van der Waals surface area contributed by atoms with Gasteiger partial charge in [0.05, 0.1) is 0 Å². The van der Waals surface area contributed by atoms with Crippen molar-refractivity contribution in [3.05, 3.63) is 12.7 Å². The first-order valence-corrected chi connectivity index (χ1v) is 4.10. The van der Waals surface area contributed by atoms with Crippen LogP contribution >= 0.6 is 0 Å². The molecule has 0 aromatic heterocycles. The Bertz CT molecular complexity index is 120. The Morgan fingerprint density at radius 1 is 1.60 bits per heavy atom. The fraction of sp³-hybridized carbons (Fsp3) is 0.778. The lowest BCUT2D eigenvalue weighted by Crippen LogP contribution is -2.53. The van der Waals surface area contributed by atoms with Crippen LogP contribution in [0.5, 0.6) is 0 Å². The van der Waals surface area contributed by atoms with Crippen molar-refractivity contribution in [2.24, 2.45) is 5.92 Å². The van der Waals surface area contributed by atoms with Crippen LogP contribution in [0.1, 0.15) is 20.3 Å². The first-order valence-electron chi connectivity index (χ1n) is 4.10. The molecule has 0 radical (unpaired) electrons. The molecular formula is C9H17N. The molecule has 1 aliphatic rings. The summed E-state index contributed by atoms with van der Waals surface area (Å²) in [7, 11) is 0. The highest BCUT2D eigenvalue weighted by molar-refractivity contribution is 4.86. The molecule has 0 bridgehead atoms. The van der Waals surface area contributed by atoms with Crippen LogP contribution in [0.15, 0.2) is 12.7 Å². The molecule has 0 N–H and O–H groups in total. The second kappa shape index (κ2) is 3.20. The van der Waals surface area contributed by atoms with Crippen molar-refractivity contribution in [3.63, 3.8) is 0 Å². The van der Waals surface area contributed by atoms with Crippen molar-refractivity contribution >= 4 is 0 Å². The fourth-order valence-corrected chi connectivity index (χ4v) is 1.46. The van der Waals surface area contributed by atoms with E-state index in [0.29, 0.717) is 0 Å². The van der Waals surface area contributed by atoms with Crippen LogP contribution in [0, 0.1) is 5.92 Å². The number of hydrogen-bond donors (Lipinski definition) is 0. The zero-order valence-electron chi connectivity index (χ0n) is 7.01. The van der Waals surface area contributed by atoms with Crippen molar-refractivity contribution in [2.45, 2.75) is 26.3 Å². The number of nitrogens with zero attached hydrogens (tertiary/aromatic N) is 1. The standard InChI is InChI=1S/C9H17N/c1-4-5-6-10-7-8(2)9(10)3/h4,8-9H,1,5-7H2,2-3H3. The van der Waals surface area contributed by atoms with Gasteiger partial charge in [0.15, 0.2) is 0 Å². The maximum Gasteiger partial charge on any atom is 0.0105 e. The third-order valence-electron chi connectivity index (χ3n) is 2.54. The fourth-order valence-electron chi connectivity index (χ4n) is 1.46. The van der Waals surface area contributed by atoms with Gasteiger partial charge in [-0.05, 0) is 19.3 Å². The van der Waals surface area contributed by atoms with Crippen LogP contribution in [0.4, 0.5) is 0 Å². The zero-order valence-corrected chi connectivity index (χ0v) is 7.01. The lowest BCUT2D eigenvalue weighted by molar-refractivity contribution is 0.0406. The van der Waals surface area contributed by atoms with E-state index in [2.05, 4.69) is 25.3 Å². The van der Waals surface area contributed by atoms with Gasteiger partial charge in [0.2, 0.25) is 0 Å². The quantitative estimate of drug-likeness (QED) is 0.540. The van der Waals surface area contributed by atoms with E-state index >= 15 is 0 Å². The Balaban J connectivity index is 2.14. The third kappa shape index (κ3) is 1.40. The first-order chi connectivity index (χ1) is 4.75. The van der Waals surface area contributed by atoms with Gasteiger partial charge >= 0.3 is 0 Å². The van der Waals surface area contributed by atoms with Crippen molar-refractivity contribution in [2.75, 3.05) is 13.1 Å². The second-order valence-electron chi connectivity index (χ2n) is 3.29. The van der Waals surface area contributed by atoms with Crippen molar-refractivity contribution in [1.29, 1.82) is 0 Å². The monoisotopic (exact) mass is 139 g/mol. The van der Waals surface area contributed by atoms with E-state index in [1.165, 1.54) is 13.1 Å². The Labute approximate surface area is 63.7 Å². The number of hydrogen-bond acceptors (Lipinski definition) is 1. The summed E-state index contributed by atoms with van der Waals surface area (Å²) in [6.07, 6.45) is 3.13. The Morgan fingerprint density at radius 2 is 2.30 bits per heavy atom. The topological polar surface area (TPSA) is 3.24 Å². The molecule has 0 aliphatic carbocycles. The van der Waals surface area contributed by atoms with Gasteiger partial charge in [0.25, 0.3) is 0 Å². The van der Waals surface area contributed by atoms with Crippen molar-refractivity contribution in [3.8, 4) is 0 Å². The summed E-state index contributed by atoms with van der Waals surface area (Å²) in [5.74, 6) is 0.907. The smallest absolute Gasteiger partial charge is 0.0105 e. The van der Waals surface area contributed by atoms with Crippen LogP contribution in [0.3, 0.4) is 0 Å². The molecule has 1 heterocycles. The molecule has 1 saturated heterocycles. The summed E-state index contributed by atoms with van der Waals surface area (Å²) in [6, 6.07) is 0.806. The summed E-state index contributed by atoms with van der Waals surface area (Å²) < 4.78 is 0. The van der Waals surface area contributed by atoms with Crippen LogP contribution in [0.25, 0.3) is 0 Å². The summed E-state index contributed by atoms with van der Waals surface area (Å²) in [5, 5.41) is 0. The molecule has 0 aromatic carbocycles. The van der Waals surface area contributed by atoms with E-state index < -0.39 is 0 Å². The largest absolute Gasteiger partial charge is 0.300 e. The molecule has 0 spiro atoms. The van der Waals surface area contributed by atoms with Gasteiger partial charge in [-0.15, -0.1) is 6.58 Å². The molecule has 1 rings (SSSR count). The summed E-state index contributed by atoms with van der Waals surface area (Å²) in [4.78, 5) is 2.51. The minimum absolute atomic E-state index is 0.806. The molecule has 1 nitrogen and oxygen atoms in total. The van der Waals surface area contributed by atoms with Crippen LogP contribution in [-0.2, 0) is 0 Å². The molecule has 1 fully saturated rings. The molecule has 1 heteroatoms. The van der Waals surface area contributed by atoms with E-state index in [-0.39, 0.29) is 0 Å². The first kappa shape index (κ1) is 7.80. The average molecular weight is 139 g/mol. The number of rotatable bonds is 3. The van der Waals surface area contributed by atoms with Gasteiger partial charge in [-0.2, -0.15) is 0 Å². The maximum absolute atomic E-state index is 3.71. The van der Waals surface area contributed by atoms with Gasteiger partial charge in [-0.1, -0.05) is 13.0 Å². The second-order valence-corrected chi connectivity index (χ2v) is 3.29. The van der Waals surface area contributed by atoms with E-state index in [1.807, 2.05) is 6.08 Å². The normalized spacial score (nSPS) is 33.4. The molecule has 0 aromatic rings. The van der Waals surface area contributed by atoms with Crippen LogP contribution in [0.2, 0.25) is 0 Å². The highest BCUT2D eigenvalue weighted by Gasteiger charge is 2.30. The highest BCUT2D eigenvalue weighted by Crippen LogP contribution is 2.23. The summed E-state index contributed by atoms with van der Waals surface area (Å²) in [6.45, 7) is 10.8. The van der Waals surface area contributed by atoms with E-state index in [4.69, 9.17) is 0 Å². The minimum Gasteiger partial charge on any atom is -0.300 e. The Morgan fingerprint density at radius 3 is 2.70 bits per heavy atom. The summed E-state index contributed by atoms with van der Waals surface area (Å²) >= 11 is 0. The molecule has 2 atom stereocenters. The molecule has 10 heavy (non-hydrogen) atoms. The predicted molar refractivity (Wildman–Crippen MR) is 45.0 cm³/mol. The van der Waals surface area contributed by atoms with Crippen LogP contribution < -0.4 is 0 Å². The lowest BCUT2D eigenvalue weighted by atomic mass is 9.92. The lowest BCUT2D eigenvalue weighted by Gasteiger charge is -2.44. The van der Waals surface area contributed by atoms with Gasteiger partial charge in [-0.25, -0.2) is 0 Å². The van der Waals surface area contributed by atoms with Crippen molar-refractivity contribution in [1.82, 2.24) is 4.90 Å².